The SMILES string of the molecule is COCC(NC(=O)OC(C)(C)C)C(=O)N1CCN(N2Cc3cnc(C)n3C2=O)CC1. The molecule has 0 saturated carbocycles. The third-order valence-electron chi connectivity index (χ3n) is 4.97. The van der Waals surface area contributed by atoms with Crippen LogP contribution in [0.25, 0.3) is 0 Å². The van der Waals surface area contributed by atoms with Gasteiger partial charge in [0.05, 0.1) is 25.0 Å². The minimum Gasteiger partial charge on any atom is -0.444 e. The van der Waals surface area contributed by atoms with Crippen molar-refractivity contribution >= 4 is 18.0 Å². The Morgan fingerprint density at radius 1 is 1.23 bits per heavy atom. The molecule has 1 N–H and O–H groups in total. The number of imidazole rings is 1. The van der Waals surface area contributed by atoms with Gasteiger partial charge in [-0.2, -0.15) is 0 Å². The monoisotopic (exact) mass is 422 g/mol. The second-order valence-corrected chi connectivity index (χ2v) is 8.41. The lowest BCUT2D eigenvalue weighted by molar-refractivity contribution is -0.138. The maximum Gasteiger partial charge on any atom is 0.408 e. The summed E-state index contributed by atoms with van der Waals surface area (Å²) in [5.41, 5.74) is 0.198. The Morgan fingerprint density at radius 3 is 2.47 bits per heavy atom. The summed E-state index contributed by atoms with van der Waals surface area (Å²) < 4.78 is 12.0. The molecule has 1 fully saturated rings. The molecule has 0 aliphatic carbocycles. The van der Waals surface area contributed by atoms with E-state index in [1.807, 2.05) is 5.01 Å². The van der Waals surface area contributed by atoms with Gasteiger partial charge in [-0.15, -0.1) is 0 Å². The van der Waals surface area contributed by atoms with Crippen LogP contribution in [0.5, 0.6) is 0 Å². The average Bonchev–Trinajstić information content (AvgIpc) is 3.19. The lowest BCUT2D eigenvalue weighted by Crippen LogP contribution is -2.59. The molecule has 11 heteroatoms. The van der Waals surface area contributed by atoms with Crippen molar-refractivity contribution in [3.63, 3.8) is 0 Å². The highest BCUT2D eigenvalue weighted by Crippen LogP contribution is 2.21. The Bertz CT molecular complexity index is 809. The van der Waals surface area contributed by atoms with Crippen molar-refractivity contribution < 1.29 is 23.9 Å². The van der Waals surface area contributed by atoms with E-state index in [9.17, 15) is 14.4 Å². The van der Waals surface area contributed by atoms with E-state index >= 15 is 0 Å². The highest BCUT2D eigenvalue weighted by atomic mass is 16.6. The zero-order chi connectivity index (χ0) is 22.1. The Kier molecular flexibility index (Phi) is 6.32. The number of ether oxygens (including phenoxy) is 2. The van der Waals surface area contributed by atoms with Crippen LogP contribution in [0.1, 0.15) is 32.3 Å². The van der Waals surface area contributed by atoms with Gasteiger partial charge in [0.1, 0.15) is 17.5 Å². The van der Waals surface area contributed by atoms with Gasteiger partial charge < -0.3 is 19.7 Å². The molecular formula is C19H30N6O5. The lowest BCUT2D eigenvalue weighted by atomic mass is 10.2. The minimum atomic E-state index is -0.834. The number of carbonyl (C=O) groups is 3. The smallest absolute Gasteiger partial charge is 0.408 e. The molecule has 3 heterocycles. The van der Waals surface area contributed by atoms with E-state index < -0.39 is 17.7 Å². The molecule has 11 nitrogen and oxygen atoms in total. The molecule has 0 spiro atoms. The highest BCUT2D eigenvalue weighted by molar-refractivity contribution is 5.86. The first-order chi connectivity index (χ1) is 14.1. The van der Waals surface area contributed by atoms with Gasteiger partial charge in [-0.1, -0.05) is 0 Å². The summed E-state index contributed by atoms with van der Waals surface area (Å²) in [6.45, 7) is 9.49. The molecule has 0 aromatic carbocycles. The Hall–Kier alpha value is -2.66. The van der Waals surface area contributed by atoms with Crippen molar-refractivity contribution in [2.45, 2.75) is 45.9 Å². The van der Waals surface area contributed by atoms with E-state index in [0.29, 0.717) is 38.5 Å². The van der Waals surface area contributed by atoms with Gasteiger partial charge in [0.15, 0.2) is 0 Å². The predicted molar refractivity (Wildman–Crippen MR) is 106 cm³/mol. The maximum absolute atomic E-state index is 12.9. The number of rotatable bonds is 5. The molecule has 3 rings (SSSR count). The molecule has 1 atom stereocenters. The number of nitrogens with one attached hydrogen (secondary N) is 1. The standard InChI is InChI=1S/C19H30N6O5/c1-13-20-10-14-11-24(18(28)25(13)14)23-8-6-22(7-9-23)16(26)15(12-29-5)21-17(27)30-19(2,3)4/h10,15H,6-9,11-12H2,1-5H3,(H,21,27). The minimum absolute atomic E-state index is 0.0463. The van der Waals surface area contributed by atoms with Gasteiger partial charge in [0, 0.05) is 33.3 Å². The van der Waals surface area contributed by atoms with Crippen LogP contribution in [-0.4, -0.2) is 94.0 Å². The number of fused-ring (bicyclic) bond motifs is 1. The number of piperazine rings is 1. The van der Waals surface area contributed by atoms with Crippen LogP contribution in [-0.2, 0) is 20.8 Å². The molecule has 0 bridgehead atoms. The molecule has 30 heavy (non-hydrogen) atoms. The van der Waals surface area contributed by atoms with E-state index in [1.165, 1.54) is 7.11 Å². The second kappa shape index (κ2) is 8.60. The van der Waals surface area contributed by atoms with Gasteiger partial charge in [-0.3, -0.25) is 9.80 Å². The zero-order valence-corrected chi connectivity index (χ0v) is 18.2. The normalized spacial score (nSPS) is 18.4. The van der Waals surface area contributed by atoms with Crippen LogP contribution in [0.4, 0.5) is 9.59 Å². The number of hydrogen-bond donors (Lipinski definition) is 1. The first-order valence-electron chi connectivity index (χ1n) is 9.98. The topological polar surface area (TPSA) is 109 Å². The third-order valence-corrected chi connectivity index (χ3v) is 4.97. The molecule has 166 valence electrons. The average molecular weight is 422 g/mol. The van der Waals surface area contributed by atoms with Crippen LogP contribution in [0.15, 0.2) is 6.20 Å². The van der Waals surface area contributed by atoms with Crippen molar-refractivity contribution in [1.82, 2.24) is 29.8 Å². The third kappa shape index (κ3) is 4.73. The summed E-state index contributed by atoms with van der Waals surface area (Å²) >= 11 is 0. The first kappa shape index (κ1) is 22.0. The van der Waals surface area contributed by atoms with Crippen molar-refractivity contribution in [2.75, 3.05) is 39.9 Å². The van der Waals surface area contributed by atoms with Crippen molar-refractivity contribution in [2.24, 2.45) is 0 Å². The quantitative estimate of drug-likeness (QED) is 0.739. The molecule has 1 aromatic rings. The highest BCUT2D eigenvalue weighted by Gasteiger charge is 2.36. The fourth-order valence-corrected chi connectivity index (χ4v) is 3.59. The molecule has 2 aliphatic rings. The summed E-state index contributed by atoms with van der Waals surface area (Å²) in [7, 11) is 1.47. The molecular weight excluding hydrogens is 392 g/mol. The number of aromatic nitrogens is 2. The molecule has 1 unspecified atom stereocenters. The first-order valence-corrected chi connectivity index (χ1v) is 9.98. The number of nitrogens with zero attached hydrogens (tertiary/aromatic N) is 5. The number of aryl methyl sites for hydroxylation is 1. The van der Waals surface area contributed by atoms with Crippen molar-refractivity contribution in [3.8, 4) is 0 Å². The van der Waals surface area contributed by atoms with E-state index in [4.69, 9.17) is 9.47 Å². The fraction of sp³-hybridized carbons (Fsp3) is 0.684. The van der Waals surface area contributed by atoms with E-state index in [2.05, 4.69) is 10.3 Å². The number of carbonyl (C=O) groups excluding carboxylic acids is 3. The fourth-order valence-electron chi connectivity index (χ4n) is 3.59. The van der Waals surface area contributed by atoms with Gasteiger partial charge in [-0.25, -0.2) is 24.1 Å². The Morgan fingerprint density at radius 2 is 1.90 bits per heavy atom. The van der Waals surface area contributed by atoms with Crippen LogP contribution in [0.3, 0.4) is 0 Å². The number of hydrogen-bond acceptors (Lipinski definition) is 7. The van der Waals surface area contributed by atoms with Gasteiger partial charge in [-0.05, 0) is 27.7 Å². The number of amides is 3. The van der Waals surface area contributed by atoms with E-state index in [0.717, 1.165) is 5.69 Å². The van der Waals surface area contributed by atoms with E-state index in [-0.39, 0.29) is 18.5 Å². The maximum atomic E-state index is 12.9. The number of alkyl carbamates (subject to hydrolysis) is 1. The molecule has 0 radical (unpaired) electrons. The Balaban J connectivity index is 1.56. The summed E-state index contributed by atoms with van der Waals surface area (Å²) in [6.07, 6.45) is 1.05. The van der Waals surface area contributed by atoms with Crippen LogP contribution in [0.2, 0.25) is 0 Å². The lowest BCUT2D eigenvalue weighted by Gasteiger charge is -2.39. The van der Waals surface area contributed by atoms with Crippen molar-refractivity contribution in [1.29, 1.82) is 0 Å². The largest absolute Gasteiger partial charge is 0.444 e. The second-order valence-electron chi connectivity index (χ2n) is 8.41. The van der Waals surface area contributed by atoms with Gasteiger partial charge in [0.25, 0.3) is 0 Å². The molecule has 1 saturated heterocycles. The molecule has 3 amide bonds. The Labute approximate surface area is 175 Å². The molecule has 2 aliphatic heterocycles. The summed E-state index contributed by atoms with van der Waals surface area (Å²) in [5, 5.41) is 6.24. The zero-order valence-electron chi connectivity index (χ0n) is 18.2. The van der Waals surface area contributed by atoms with Crippen LogP contribution >= 0.6 is 0 Å². The van der Waals surface area contributed by atoms with Crippen LogP contribution < -0.4 is 5.32 Å². The summed E-state index contributed by atoms with van der Waals surface area (Å²) in [5.74, 6) is 0.434. The number of hydrazine groups is 1. The van der Waals surface area contributed by atoms with E-state index in [1.54, 1.807) is 48.4 Å². The predicted octanol–water partition coefficient (Wildman–Crippen LogP) is 0.574. The van der Waals surface area contributed by atoms with Gasteiger partial charge in [0.2, 0.25) is 5.91 Å². The van der Waals surface area contributed by atoms with Crippen molar-refractivity contribution in [3.05, 3.63) is 17.7 Å². The summed E-state index contributed by atoms with van der Waals surface area (Å²) in [4.78, 5) is 43.5. The number of methoxy groups -OCH3 is 1. The van der Waals surface area contributed by atoms with Crippen LogP contribution in [0, 0.1) is 6.92 Å². The van der Waals surface area contributed by atoms with Gasteiger partial charge >= 0.3 is 12.1 Å². The molecule has 1 aromatic heterocycles. The summed E-state index contributed by atoms with van der Waals surface area (Å²) in [6, 6.07) is -0.956.